The standard InChI is InChI=1S/C23H18N6O2/c30-23(29-21(11-14-31-29)17-5-2-1-3-6-17)27-19-10-13-24-18(15-19)8-9-20-16-25-22-7-4-12-26-28(20)22/h1-7,10,12-13,15-16,21H,11,14H2,(H,24,27,30)/t21-/m1/s1. The van der Waals surface area contributed by atoms with Crippen LogP contribution in [0.25, 0.3) is 5.65 Å². The second-order valence-electron chi connectivity index (χ2n) is 6.92. The van der Waals surface area contributed by atoms with Crippen LogP contribution in [0, 0.1) is 11.8 Å². The van der Waals surface area contributed by atoms with Crippen molar-refractivity contribution in [1.82, 2.24) is 24.6 Å². The van der Waals surface area contributed by atoms with E-state index in [1.807, 2.05) is 42.5 Å². The fourth-order valence-electron chi connectivity index (χ4n) is 3.45. The van der Waals surface area contributed by atoms with Crippen LogP contribution in [0.15, 0.2) is 73.2 Å². The fraction of sp³-hybridized carbons (Fsp3) is 0.130. The highest BCUT2D eigenvalue weighted by Gasteiger charge is 2.31. The highest BCUT2D eigenvalue weighted by Crippen LogP contribution is 2.30. The Balaban J connectivity index is 1.32. The summed E-state index contributed by atoms with van der Waals surface area (Å²) in [5, 5.41) is 8.51. The molecule has 3 aromatic heterocycles. The van der Waals surface area contributed by atoms with Crippen molar-refractivity contribution in [2.24, 2.45) is 0 Å². The Morgan fingerprint density at radius 1 is 1.06 bits per heavy atom. The molecule has 1 saturated heterocycles. The summed E-state index contributed by atoms with van der Waals surface area (Å²) in [6, 6.07) is 16.5. The van der Waals surface area contributed by atoms with Gasteiger partial charge in [0.05, 0.1) is 18.8 Å². The Labute approximate surface area is 178 Å². The maximum absolute atomic E-state index is 12.8. The van der Waals surface area contributed by atoms with Gasteiger partial charge in [-0.3, -0.25) is 4.84 Å². The fourth-order valence-corrected chi connectivity index (χ4v) is 3.45. The number of carbonyl (C=O) groups is 1. The molecule has 0 bridgehead atoms. The van der Waals surface area contributed by atoms with Crippen LogP contribution in [-0.4, -0.2) is 37.3 Å². The van der Waals surface area contributed by atoms with Gasteiger partial charge in [-0.15, -0.1) is 0 Å². The van der Waals surface area contributed by atoms with Gasteiger partial charge in [0.25, 0.3) is 0 Å². The number of aromatic nitrogens is 4. The molecule has 0 saturated carbocycles. The molecule has 152 valence electrons. The first-order valence-electron chi connectivity index (χ1n) is 9.83. The van der Waals surface area contributed by atoms with E-state index in [1.54, 1.807) is 35.2 Å². The van der Waals surface area contributed by atoms with Gasteiger partial charge >= 0.3 is 6.03 Å². The molecular formula is C23H18N6O2. The maximum Gasteiger partial charge on any atom is 0.346 e. The van der Waals surface area contributed by atoms with Crippen LogP contribution < -0.4 is 5.32 Å². The van der Waals surface area contributed by atoms with Gasteiger partial charge in [0.2, 0.25) is 0 Å². The first-order valence-corrected chi connectivity index (χ1v) is 9.83. The SMILES string of the molecule is O=C(Nc1ccnc(C#Cc2cnc3cccnn23)c1)N1OCC[C@@H]1c1ccccc1. The molecule has 0 aliphatic carbocycles. The summed E-state index contributed by atoms with van der Waals surface area (Å²) >= 11 is 0. The molecule has 31 heavy (non-hydrogen) atoms. The normalized spacial score (nSPS) is 15.5. The van der Waals surface area contributed by atoms with Gasteiger partial charge in [-0.2, -0.15) is 10.2 Å². The molecule has 2 amide bonds. The highest BCUT2D eigenvalue weighted by atomic mass is 16.7. The monoisotopic (exact) mass is 410 g/mol. The van der Waals surface area contributed by atoms with Gasteiger partial charge in [0.1, 0.15) is 11.4 Å². The topological polar surface area (TPSA) is 84.7 Å². The van der Waals surface area contributed by atoms with Crippen molar-refractivity contribution < 1.29 is 9.63 Å². The Morgan fingerprint density at radius 3 is 2.87 bits per heavy atom. The second kappa shape index (κ2) is 8.26. The lowest BCUT2D eigenvalue weighted by molar-refractivity contribution is -0.0829. The number of amides is 2. The lowest BCUT2D eigenvalue weighted by Crippen LogP contribution is -2.33. The van der Waals surface area contributed by atoms with E-state index < -0.39 is 0 Å². The van der Waals surface area contributed by atoms with Crippen molar-refractivity contribution in [2.75, 3.05) is 11.9 Å². The molecule has 5 rings (SSSR count). The van der Waals surface area contributed by atoms with E-state index in [9.17, 15) is 4.79 Å². The lowest BCUT2D eigenvalue weighted by atomic mass is 10.1. The molecule has 4 aromatic rings. The van der Waals surface area contributed by atoms with Crippen molar-refractivity contribution in [3.63, 3.8) is 0 Å². The third-order valence-corrected chi connectivity index (χ3v) is 4.90. The molecule has 1 aromatic carbocycles. The van der Waals surface area contributed by atoms with Crippen LogP contribution >= 0.6 is 0 Å². The van der Waals surface area contributed by atoms with Crippen LogP contribution in [0.2, 0.25) is 0 Å². The number of anilines is 1. The van der Waals surface area contributed by atoms with E-state index in [0.29, 0.717) is 23.7 Å². The third kappa shape index (κ3) is 3.95. The largest absolute Gasteiger partial charge is 0.346 e. The molecule has 1 N–H and O–H groups in total. The van der Waals surface area contributed by atoms with Gasteiger partial charge < -0.3 is 5.32 Å². The van der Waals surface area contributed by atoms with Crippen molar-refractivity contribution in [2.45, 2.75) is 12.5 Å². The van der Waals surface area contributed by atoms with Gasteiger partial charge in [-0.25, -0.2) is 19.3 Å². The Morgan fingerprint density at radius 2 is 1.97 bits per heavy atom. The minimum Gasteiger partial charge on any atom is -0.306 e. The van der Waals surface area contributed by atoms with Gasteiger partial charge in [0.15, 0.2) is 5.65 Å². The second-order valence-corrected chi connectivity index (χ2v) is 6.92. The molecule has 1 aliphatic rings. The Hall–Kier alpha value is -4.22. The molecule has 8 nitrogen and oxygen atoms in total. The minimum atomic E-state index is -0.331. The zero-order valence-electron chi connectivity index (χ0n) is 16.5. The molecule has 4 heterocycles. The number of nitrogens with zero attached hydrogens (tertiary/aromatic N) is 5. The quantitative estimate of drug-likeness (QED) is 0.512. The smallest absolute Gasteiger partial charge is 0.306 e. The average Bonchev–Trinajstić information content (AvgIpc) is 3.46. The summed E-state index contributed by atoms with van der Waals surface area (Å²) in [6.07, 6.45) is 5.69. The average molecular weight is 410 g/mol. The minimum absolute atomic E-state index is 0.120. The number of fused-ring (bicyclic) bond motifs is 1. The number of hydrogen-bond donors (Lipinski definition) is 1. The van der Waals surface area contributed by atoms with Crippen LogP contribution in [-0.2, 0) is 4.84 Å². The number of hydroxylamine groups is 2. The zero-order chi connectivity index (χ0) is 21.0. The molecule has 1 aliphatic heterocycles. The summed E-state index contributed by atoms with van der Waals surface area (Å²) in [7, 11) is 0. The van der Waals surface area contributed by atoms with Crippen LogP contribution in [0.5, 0.6) is 0 Å². The first-order chi connectivity index (χ1) is 15.3. The highest BCUT2D eigenvalue weighted by molar-refractivity contribution is 5.89. The number of imidazole rings is 1. The summed E-state index contributed by atoms with van der Waals surface area (Å²) in [5.41, 5.74) is 3.52. The number of hydrogen-bond acceptors (Lipinski definition) is 5. The number of carbonyl (C=O) groups excluding carboxylic acids is 1. The van der Waals surface area contributed by atoms with Gasteiger partial charge in [-0.05, 0) is 41.7 Å². The lowest BCUT2D eigenvalue weighted by Gasteiger charge is -2.23. The molecule has 0 unspecified atom stereocenters. The summed E-state index contributed by atoms with van der Waals surface area (Å²) in [6.45, 7) is 0.493. The summed E-state index contributed by atoms with van der Waals surface area (Å²) < 4.78 is 1.66. The summed E-state index contributed by atoms with van der Waals surface area (Å²) in [4.78, 5) is 26.9. The number of nitrogens with one attached hydrogen (secondary N) is 1. The predicted octanol–water partition coefficient (Wildman–Crippen LogP) is 3.43. The van der Waals surface area contributed by atoms with Crippen LogP contribution in [0.3, 0.4) is 0 Å². The first kappa shape index (κ1) is 18.8. The van der Waals surface area contributed by atoms with Crippen molar-refractivity contribution >= 4 is 17.4 Å². The van der Waals surface area contributed by atoms with Crippen LogP contribution in [0.4, 0.5) is 10.5 Å². The van der Waals surface area contributed by atoms with E-state index in [2.05, 4.69) is 32.2 Å². The van der Waals surface area contributed by atoms with E-state index in [-0.39, 0.29) is 12.1 Å². The van der Waals surface area contributed by atoms with Gasteiger partial charge in [-0.1, -0.05) is 30.3 Å². The van der Waals surface area contributed by atoms with Crippen molar-refractivity contribution in [3.05, 3.63) is 90.1 Å². The van der Waals surface area contributed by atoms with Crippen molar-refractivity contribution in [1.29, 1.82) is 0 Å². The van der Waals surface area contributed by atoms with Gasteiger partial charge in [0, 0.05) is 24.5 Å². The molecular weight excluding hydrogens is 392 g/mol. The van der Waals surface area contributed by atoms with Crippen LogP contribution in [0.1, 0.15) is 29.4 Å². The predicted molar refractivity (Wildman–Crippen MR) is 114 cm³/mol. The zero-order valence-corrected chi connectivity index (χ0v) is 16.5. The van der Waals surface area contributed by atoms with Crippen molar-refractivity contribution in [3.8, 4) is 11.8 Å². The van der Waals surface area contributed by atoms with E-state index in [0.717, 1.165) is 17.6 Å². The van der Waals surface area contributed by atoms with E-state index >= 15 is 0 Å². The number of benzene rings is 1. The molecule has 1 atom stereocenters. The molecule has 8 heteroatoms. The summed E-state index contributed by atoms with van der Waals surface area (Å²) in [5.74, 6) is 6.02. The maximum atomic E-state index is 12.8. The molecule has 1 fully saturated rings. The van der Waals surface area contributed by atoms with E-state index in [4.69, 9.17) is 4.84 Å². The molecule has 0 spiro atoms. The molecule has 0 radical (unpaired) electrons. The number of rotatable bonds is 2. The Bertz CT molecular complexity index is 1290. The Kier molecular flexibility index (Phi) is 5.01. The third-order valence-electron chi connectivity index (χ3n) is 4.90. The van der Waals surface area contributed by atoms with E-state index in [1.165, 1.54) is 5.06 Å². The number of urea groups is 1. The number of pyridine rings is 1.